The van der Waals surface area contributed by atoms with Gasteiger partial charge in [-0.3, -0.25) is 0 Å². The SMILES string of the molecule is O=CCC1=CC2SC=CC2S1. The Balaban J connectivity index is 2.03. The molecule has 0 fully saturated rings. The minimum atomic E-state index is 0.603. The van der Waals surface area contributed by atoms with Crippen LogP contribution in [0.4, 0.5) is 0 Å². The first-order valence-corrected chi connectivity index (χ1v) is 5.35. The molecule has 2 unspecified atom stereocenters. The van der Waals surface area contributed by atoms with Gasteiger partial charge in [-0.15, -0.1) is 23.5 Å². The zero-order chi connectivity index (χ0) is 7.68. The first-order chi connectivity index (χ1) is 5.40. The molecule has 1 nitrogen and oxygen atoms in total. The third-order valence-electron chi connectivity index (χ3n) is 1.75. The summed E-state index contributed by atoms with van der Waals surface area (Å²) >= 11 is 3.68. The van der Waals surface area contributed by atoms with Gasteiger partial charge in [0.05, 0.1) is 0 Å². The fraction of sp³-hybridized carbons (Fsp3) is 0.375. The Morgan fingerprint density at radius 1 is 1.55 bits per heavy atom. The van der Waals surface area contributed by atoms with Crippen molar-refractivity contribution in [1.82, 2.24) is 0 Å². The summed E-state index contributed by atoms with van der Waals surface area (Å²) in [6, 6.07) is 0. The number of thioether (sulfide) groups is 2. The molecule has 0 aromatic rings. The van der Waals surface area contributed by atoms with Gasteiger partial charge < -0.3 is 4.79 Å². The van der Waals surface area contributed by atoms with E-state index in [1.165, 1.54) is 4.91 Å². The van der Waals surface area contributed by atoms with Gasteiger partial charge in [-0.25, -0.2) is 0 Å². The van der Waals surface area contributed by atoms with Gasteiger partial charge in [0.15, 0.2) is 0 Å². The molecule has 2 rings (SSSR count). The van der Waals surface area contributed by atoms with E-state index in [1.54, 1.807) is 0 Å². The Labute approximate surface area is 74.3 Å². The molecule has 0 aliphatic carbocycles. The molecule has 0 N–H and O–H groups in total. The van der Waals surface area contributed by atoms with Crippen molar-refractivity contribution >= 4 is 29.8 Å². The van der Waals surface area contributed by atoms with Crippen molar-refractivity contribution in [2.24, 2.45) is 0 Å². The van der Waals surface area contributed by atoms with Crippen molar-refractivity contribution in [3.63, 3.8) is 0 Å². The minimum Gasteiger partial charge on any atom is -0.303 e. The summed E-state index contributed by atoms with van der Waals surface area (Å²) in [6.07, 6.45) is 6.02. The van der Waals surface area contributed by atoms with E-state index in [0.29, 0.717) is 16.9 Å². The third-order valence-corrected chi connectivity index (χ3v) is 4.31. The molecule has 0 spiro atoms. The van der Waals surface area contributed by atoms with Crippen LogP contribution in [-0.4, -0.2) is 16.8 Å². The van der Waals surface area contributed by atoms with Gasteiger partial charge in [-0.1, -0.05) is 12.2 Å². The van der Waals surface area contributed by atoms with Crippen LogP contribution in [0.2, 0.25) is 0 Å². The Kier molecular flexibility index (Phi) is 2.09. The number of carbonyl (C=O) groups excluding carboxylic acids is 1. The largest absolute Gasteiger partial charge is 0.303 e. The average molecular weight is 184 g/mol. The summed E-state index contributed by atoms with van der Waals surface area (Å²) in [5.41, 5.74) is 0. The standard InChI is InChI=1S/C8H8OS2/c9-3-1-6-5-8-7(11-6)2-4-10-8/h2-5,7-8H,1H2. The van der Waals surface area contributed by atoms with Crippen molar-refractivity contribution in [1.29, 1.82) is 0 Å². The predicted molar refractivity (Wildman–Crippen MR) is 50.7 cm³/mol. The van der Waals surface area contributed by atoms with Crippen molar-refractivity contribution in [3.8, 4) is 0 Å². The van der Waals surface area contributed by atoms with Gasteiger partial charge in [-0.2, -0.15) is 0 Å². The zero-order valence-corrected chi connectivity index (χ0v) is 7.53. The second-order valence-corrected chi connectivity index (χ2v) is 4.91. The van der Waals surface area contributed by atoms with Crippen LogP contribution in [0.15, 0.2) is 22.5 Å². The summed E-state index contributed by atoms with van der Waals surface area (Å²) < 4.78 is 0. The van der Waals surface area contributed by atoms with E-state index in [-0.39, 0.29) is 0 Å². The fourth-order valence-electron chi connectivity index (χ4n) is 1.24. The molecule has 2 heterocycles. The second kappa shape index (κ2) is 3.07. The van der Waals surface area contributed by atoms with E-state index in [1.807, 2.05) is 23.5 Å². The highest BCUT2D eigenvalue weighted by molar-refractivity contribution is 8.08. The number of aldehydes is 1. The van der Waals surface area contributed by atoms with Gasteiger partial charge in [0.25, 0.3) is 0 Å². The van der Waals surface area contributed by atoms with Crippen LogP contribution in [0.5, 0.6) is 0 Å². The van der Waals surface area contributed by atoms with Gasteiger partial charge >= 0.3 is 0 Å². The lowest BCUT2D eigenvalue weighted by atomic mass is 10.2. The molecular formula is C8H8OS2. The first kappa shape index (κ1) is 7.50. The second-order valence-electron chi connectivity index (χ2n) is 2.52. The number of rotatable bonds is 2. The van der Waals surface area contributed by atoms with Crippen molar-refractivity contribution in [2.45, 2.75) is 16.9 Å². The molecule has 2 atom stereocenters. The van der Waals surface area contributed by atoms with Gasteiger partial charge in [-0.05, 0) is 10.3 Å². The van der Waals surface area contributed by atoms with Gasteiger partial charge in [0, 0.05) is 16.9 Å². The zero-order valence-electron chi connectivity index (χ0n) is 5.90. The molecule has 2 aliphatic heterocycles. The van der Waals surface area contributed by atoms with Gasteiger partial charge in [0.2, 0.25) is 0 Å². The van der Waals surface area contributed by atoms with Crippen LogP contribution in [0.1, 0.15) is 6.42 Å². The molecular weight excluding hydrogens is 176 g/mol. The molecule has 0 bridgehead atoms. The molecule has 0 aromatic carbocycles. The monoisotopic (exact) mass is 184 g/mol. The normalized spacial score (nSPS) is 33.6. The maximum absolute atomic E-state index is 10.2. The Morgan fingerprint density at radius 3 is 3.18 bits per heavy atom. The van der Waals surface area contributed by atoms with Gasteiger partial charge in [0.1, 0.15) is 6.29 Å². The molecule has 0 radical (unpaired) electrons. The van der Waals surface area contributed by atoms with E-state index in [2.05, 4.69) is 17.6 Å². The molecule has 0 amide bonds. The molecule has 58 valence electrons. The topological polar surface area (TPSA) is 17.1 Å². The van der Waals surface area contributed by atoms with E-state index in [4.69, 9.17) is 0 Å². The quantitative estimate of drug-likeness (QED) is 0.612. The van der Waals surface area contributed by atoms with Crippen LogP contribution >= 0.6 is 23.5 Å². The molecule has 0 aromatic heterocycles. The average Bonchev–Trinajstić information content (AvgIpc) is 2.46. The number of hydrogen-bond donors (Lipinski definition) is 0. The number of carbonyl (C=O) groups is 1. The third kappa shape index (κ3) is 1.40. The summed E-state index contributed by atoms with van der Waals surface area (Å²) in [7, 11) is 0. The summed E-state index contributed by atoms with van der Waals surface area (Å²) in [5, 5.41) is 3.36. The fourth-order valence-corrected chi connectivity index (χ4v) is 3.82. The summed E-state index contributed by atoms with van der Waals surface area (Å²) in [4.78, 5) is 11.4. The van der Waals surface area contributed by atoms with E-state index in [0.717, 1.165) is 6.29 Å². The van der Waals surface area contributed by atoms with Crippen molar-refractivity contribution in [2.75, 3.05) is 0 Å². The maximum Gasteiger partial charge on any atom is 0.124 e. The summed E-state index contributed by atoms with van der Waals surface area (Å²) in [6.45, 7) is 0. The first-order valence-electron chi connectivity index (χ1n) is 3.53. The van der Waals surface area contributed by atoms with Crippen LogP contribution in [0.3, 0.4) is 0 Å². The number of allylic oxidation sites excluding steroid dienone is 1. The molecule has 2 aliphatic rings. The molecule has 0 saturated carbocycles. The lowest BCUT2D eigenvalue weighted by Gasteiger charge is -2.03. The maximum atomic E-state index is 10.2. The highest BCUT2D eigenvalue weighted by atomic mass is 32.2. The van der Waals surface area contributed by atoms with E-state index in [9.17, 15) is 4.79 Å². The minimum absolute atomic E-state index is 0.603. The predicted octanol–water partition coefficient (Wildman–Crippen LogP) is 2.20. The van der Waals surface area contributed by atoms with E-state index >= 15 is 0 Å². The smallest absolute Gasteiger partial charge is 0.124 e. The Bertz CT molecular complexity index is 232. The highest BCUT2D eigenvalue weighted by Gasteiger charge is 2.28. The number of fused-ring (bicyclic) bond motifs is 1. The Morgan fingerprint density at radius 2 is 2.45 bits per heavy atom. The molecule has 3 heteroatoms. The van der Waals surface area contributed by atoms with Crippen molar-refractivity contribution in [3.05, 3.63) is 22.5 Å². The summed E-state index contributed by atoms with van der Waals surface area (Å²) in [5.74, 6) is 0. The lowest BCUT2D eigenvalue weighted by molar-refractivity contribution is -0.107. The van der Waals surface area contributed by atoms with Crippen LogP contribution in [0.25, 0.3) is 0 Å². The van der Waals surface area contributed by atoms with E-state index < -0.39 is 0 Å². The van der Waals surface area contributed by atoms with Crippen LogP contribution < -0.4 is 0 Å². The van der Waals surface area contributed by atoms with Crippen molar-refractivity contribution < 1.29 is 4.79 Å². The highest BCUT2D eigenvalue weighted by Crippen LogP contribution is 2.44. The Hall–Kier alpha value is -0.150. The molecule has 11 heavy (non-hydrogen) atoms. The lowest BCUT2D eigenvalue weighted by Crippen LogP contribution is -2.04. The van der Waals surface area contributed by atoms with Crippen LogP contribution in [-0.2, 0) is 4.79 Å². The molecule has 0 saturated heterocycles. The van der Waals surface area contributed by atoms with Crippen LogP contribution in [0, 0.1) is 0 Å². The number of hydrogen-bond acceptors (Lipinski definition) is 3.